The van der Waals surface area contributed by atoms with Gasteiger partial charge in [-0.25, -0.2) is 22.3 Å². The molecule has 0 aliphatic rings. The number of primary sulfonamides is 1. The summed E-state index contributed by atoms with van der Waals surface area (Å²) in [6.45, 7) is 0. The Balaban J connectivity index is 0.000000303. The van der Waals surface area contributed by atoms with Crippen molar-refractivity contribution in [3.05, 3.63) is 96.7 Å². The van der Waals surface area contributed by atoms with Gasteiger partial charge in [-0.05, 0) is 54.6 Å². The first-order chi connectivity index (χ1) is 17.0. The van der Waals surface area contributed by atoms with E-state index in [1.807, 2.05) is 0 Å². The van der Waals surface area contributed by atoms with Gasteiger partial charge >= 0.3 is 0 Å². The van der Waals surface area contributed by atoms with Crippen LogP contribution in [0.15, 0.2) is 101 Å². The normalized spacial score (nSPS) is 11.5. The quantitative estimate of drug-likeness (QED) is 0.370. The highest BCUT2D eigenvalue weighted by atomic mass is 32.2. The van der Waals surface area contributed by atoms with E-state index in [-0.39, 0.29) is 15.5 Å². The van der Waals surface area contributed by atoms with Crippen LogP contribution in [-0.4, -0.2) is 33.8 Å². The maximum atomic E-state index is 13.1. The number of sulfonamides is 2. The lowest BCUT2D eigenvalue weighted by molar-refractivity contribution is 0.145. The number of benzene rings is 3. The van der Waals surface area contributed by atoms with Gasteiger partial charge in [-0.2, -0.15) is 23.1 Å². The minimum Gasteiger partial charge on any atom is -0.497 e. The van der Waals surface area contributed by atoms with Crippen molar-refractivity contribution in [1.82, 2.24) is 9.89 Å². The molecule has 0 unspecified atom stereocenters. The number of alkyl halides is 2. The average molecular weight is 537 g/mol. The minimum absolute atomic E-state index is 0.00484. The van der Waals surface area contributed by atoms with E-state index in [2.05, 4.69) is 9.93 Å². The SMILES string of the molecule is COc1ccc(-c2cc(C(F)F)nn2NS(=O)(=O)c2ccccc2)cc1.NS(=O)(=O)c1ccccc1. The van der Waals surface area contributed by atoms with Crippen LogP contribution in [0.3, 0.4) is 0 Å². The molecule has 0 saturated heterocycles. The Labute approximate surface area is 207 Å². The molecule has 4 rings (SSSR count). The van der Waals surface area contributed by atoms with Crippen LogP contribution in [0.2, 0.25) is 0 Å². The van der Waals surface area contributed by atoms with Gasteiger partial charge in [-0.1, -0.05) is 36.4 Å². The topological polar surface area (TPSA) is 133 Å². The lowest BCUT2D eigenvalue weighted by Gasteiger charge is -2.11. The molecule has 0 aliphatic carbocycles. The molecule has 0 aliphatic heterocycles. The summed E-state index contributed by atoms with van der Waals surface area (Å²) in [5, 5.41) is 8.51. The molecule has 13 heteroatoms. The first-order valence-electron chi connectivity index (χ1n) is 10.2. The van der Waals surface area contributed by atoms with Gasteiger partial charge in [-0.15, -0.1) is 0 Å². The van der Waals surface area contributed by atoms with Gasteiger partial charge in [-0.3, -0.25) is 0 Å². The molecule has 1 heterocycles. The third-order valence-electron chi connectivity index (χ3n) is 4.67. The number of methoxy groups -OCH3 is 1. The highest BCUT2D eigenvalue weighted by Crippen LogP contribution is 2.27. The van der Waals surface area contributed by atoms with Crippen LogP contribution < -0.4 is 14.7 Å². The highest BCUT2D eigenvalue weighted by Gasteiger charge is 2.21. The van der Waals surface area contributed by atoms with E-state index < -0.39 is 32.2 Å². The van der Waals surface area contributed by atoms with Crippen LogP contribution in [0.25, 0.3) is 11.3 Å². The summed E-state index contributed by atoms with van der Waals surface area (Å²) in [4.78, 5) is 3.20. The molecule has 0 amide bonds. The first kappa shape index (κ1) is 26.8. The number of rotatable bonds is 7. The standard InChI is InChI=1S/C17H15F2N3O3S.C6H7NO2S/c1-25-13-9-7-12(8-10-13)16-11-15(17(18)19)20-22(16)21-26(23,24)14-5-3-2-4-6-14;7-10(8,9)6-4-2-1-3-5-6/h2-11,17,21H,1H3;1-5H,(H2,7,8,9). The van der Waals surface area contributed by atoms with E-state index in [0.717, 1.165) is 10.9 Å². The Kier molecular flexibility index (Phi) is 8.40. The van der Waals surface area contributed by atoms with Gasteiger partial charge in [0.05, 0.1) is 22.6 Å². The number of hydrogen-bond donors (Lipinski definition) is 2. The average Bonchev–Trinajstić information content (AvgIpc) is 3.28. The molecule has 0 bridgehead atoms. The molecule has 36 heavy (non-hydrogen) atoms. The van der Waals surface area contributed by atoms with Crippen molar-refractivity contribution in [2.45, 2.75) is 16.2 Å². The summed E-state index contributed by atoms with van der Waals surface area (Å²) in [6, 6.07) is 23.1. The number of hydrogen-bond acceptors (Lipinski definition) is 6. The Morgan fingerprint density at radius 3 is 1.83 bits per heavy atom. The van der Waals surface area contributed by atoms with Gasteiger partial charge in [0.2, 0.25) is 10.0 Å². The zero-order valence-corrected chi connectivity index (χ0v) is 20.5. The van der Waals surface area contributed by atoms with Crippen molar-refractivity contribution in [3.63, 3.8) is 0 Å². The van der Waals surface area contributed by atoms with Gasteiger partial charge in [0.15, 0.2) is 0 Å². The summed E-state index contributed by atoms with van der Waals surface area (Å²) in [7, 11) is -5.99. The molecular weight excluding hydrogens is 514 g/mol. The fourth-order valence-corrected chi connectivity index (χ4v) is 4.44. The maximum absolute atomic E-state index is 13.1. The Morgan fingerprint density at radius 1 is 0.861 bits per heavy atom. The molecule has 4 aromatic rings. The van der Waals surface area contributed by atoms with Crippen LogP contribution in [-0.2, 0) is 20.0 Å². The first-order valence-corrected chi connectivity index (χ1v) is 13.2. The van der Waals surface area contributed by atoms with Gasteiger partial charge in [0.1, 0.15) is 11.4 Å². The number of aromatic nitrogens is 2. The number of nitrogens with zero attached hydrogens (tertiary/aromatic N) is 2. The molecule has 190 valence electrons. The zero-order chi connectivity index (χ0) is 26.3. The molecule has 0 atom stereocenters. The summed E-state index contributed by atoms with van der Waals surface area (Å²) in [5.74, 6) is 0.582. The van der Waals surface area contributed by atoms with Crippen molar-refractivity contribution in [3.8, 4) is 17.0 Å². The molecular formula is C23H22F2N4O5S2. The van der Waals surface area contributed by atoms with Crippen LogP contribution in [0.5, 0.6) is 5.75 Å². The number of ether oxygens (including phenoxy) is 1. The summed E-state index contributed by atoms with van der Waals surface area (Å²) in [6.07, 6.45) is -2.84. The van der Waals surface area contributed by atoms with Gasteiger partial charge in [0.25, 0.3) is 16.4 Å². The van der Waals surface area contributed by atoms with Crippen molar-refractivity contribution in [2.24, 2.45) is 5.14 Å². The van der Waals surface area contributed by atoms with Crippen molar-refractivity contribution in [1.29, 1.82) is 0 Å². The maximum Gasteiger partial charge on any atom is 0.282 e. The Morgan fingerprint density at radius 2 is 1.39 bits per heavy atom. The van der Waals surface area contributed by atoms with Crippen molar-refractivity contribution < 1.29 is 30.4 Å². The van der Waals surface area contributed by atoms with Gasteiger partial charge < -0.3 is 4.74 Å². The van der Waals surface area contributed by atoms with E-state index in [1.165, 1.54) is 31.4 Å². The van der Waals surface area contributed by atoms with Crippen molar-refractivity contribution >= 4 is 20.0 Å². The molecule has 3 N–H and O–H groups in total. The van der Waals surface area contributed by atoms with Crippen LogP contribution in [0, 0.1) is 0 Å². The minimum atomic E-state index is -3.99. The van der Waals surface area contributed by atoms with E-state index >= 15 is 0 Å². The van der Waals surface area contributed by atoms with Crippen LogP contribution in [0.4, 0.5) is 8.78 Å². The number of halogens is 2. The number of nitrogens with two attached hydrogens (primary N) is 1. The predicted molar refractivity (Wildman–Crippen MR) is 130 cm³/mol. The Bertz CT molecular complexity index is 1500. The lowest BCUT2D eigenvalue weighted by Crippen LogP contribution is -2.25. The molecule has 1 aromatic heterocycles. The lowest BCUT2D eigenvalue weighted by atomic mass is 10.1. The molecule has 0 saturated carbocycles. The van der Waals surface area contributed by atoms with E-state index in [4.69, 9.17) is 9.88 Å². The predicted octanol–water partition coefficient (Wildman–Crippen LogP) is 3.76. The van der Waals surface area contributed by atoms with E-state index in [1.54, 1.807) is 60.7 Å². The largest absolute Gasteiger partial charge is 0.497 e. The van der Waals surface area contributed by atoms with E-state index in [0.29, 0.717) is 11.3 Å². The molecule has 0 spiro atoms. The summed E-state index contributed by atoms with van der Waals surface area (Å²) >= 11 is 0. The molecule has 3 aromatic carbocycles. The second kappa shape index (κ2) is 11.3. The molecule has 9 nitrogen and oxygen atoms in total. The zero-order valence-electron chi connectivity index (χ0n) is 18.8. The third kappa shape index (κ3) is 6.87. The van der Waals surface area contributed by atoms with Gasteiger partial charge in [0, 0.05) is 5.56 Å². The third-order valence-corrected chi connectivity index (χ3v) is 6.90. The Hall–Kier alpha value is -3.81. The molecule has 0 fully saturated rings. The van der Waals surface area contributed by atoms with Crippen molar-refractivity contribution in [2.75, 3.05) is 11.9 Å². The van der Waals surface area contributed by atoms with E-state index in [9.17, 15) is 25.6 Å². The van der Waals surface area contributed by atoms with Crippen LogP contribution in [0.1, 0.15) is 12.1 Å². The fourth-order valence-electron chi connectivity index (χ4n) is 2.92. The summed E-state index contributed by atoms with van der Waals surface area (Å²) < 4.78 is 77.4. The fraction of sp³-hybridized carbons (Fsp3) is 0.0870. The number of nitrogens with one attached hydrogen (secondary N) is 1. The second-order valence-electron chi connectivity index (χ2n) is 7.16. The summed E-state index contributed by atoms with van der Waals surface area (Å²) in [5.41, 5.74) is 0.148. The highest BCUT2D eigenvalue weighted by molar-refractivity contribution is 7.92. The second-order valence-corrected chi connectivity index (χ2v) is 10.4. The molecule has 0 radical (unpaired) electrons. The smallest absolute Gasteiger partial charge is 0.282 e. The monoisotopic (exact) mass is 536 g/mol. The van der Waals surface area contributed by atoms with Crippen LogP contribution >= 0.6 is 0 Å².